The highest BCUT2D eigenvalue weighted by molar-refractivity contribution is 7.91. The monoisotopic (exact) mass is 400 g/mol. The van der Waals surface area contributed by atoms with Gasteiger partial charge in [0, 0.05) is 32.2 Å². The Morgan fingerprint density at radius 2 is 1.96 bits per heavy atom. The first-order valence-electron chi connectivity index (χ1n) is 8.19. The molecule has 2 aromatic rings. The average Bonchev–Trinajstić information content (AvgIpc) is 2.64. The summed E-state index contributed by atoms with van der Waals surface area (Å²) in [5.74, 6) is -0.649. The second kappa shape index (κ2) is 5.64. The van der Waals surface area contributed by atoms with E-state index in [4.69, 9.17) is 11.6 Å². The Kier molecular flexibility index (Phi) is 3.84. The van der Waals surface area contributed by atoms with Crippen LogP contribution in [0.2, 0.25) is 5.02 Å². The average molecular weight is 401 g/mol. The summed E-state index contributed by atoms with van der Waals surface area (Å²) in [7, 11) is -0.509. The number of hydrogen-bond acceptors (Lipinski definition) is 6. The summed E-state index contributed by atoms with van der Waals surface area (Å²) in [6.45, 7) is 3.11. The number of aromatic nitrogens is 2. The minimum absolute atomic E-state index is 0.0156. The van der Waals surface area contributed by atoms with Crippen molar-refractivity contribution >= 4 is 38.2 Å². The maximum absolute atomic E-state index is 15.0. The number of nitrogens with zero attached hydrogens (tertiary/aromatic N) is 4. The van der Waals surface area contributed by atoms with E-state index in [9.17, 15) is 17.6 Å². The normalized spacial score (nSPS) is 22.3. The Hall–Kier alpha value is -1.71. The minimum Gasteiger partial charge on any atom is -0.349 e. The molecule has 2 aliphatic rings. The molecule has 1 fully saturated rings. The summed E-state index contributed by atoms with van der Waals surface area (Å²) < 4.78 is 42.4. The number of hydrogen-bond donors (Lipinski definition) is 0. The van der Waals surface area contributed by atoms with Crippen LogP contribution in [0, 0.1) is 12.7 Å². The molecule has 2 aliphatic heterocycles. The first-order valence-corrected chi connectivity index (χ1v) is 10.2. The van der Waals surface area contributed by atoms with E-state index in [0.717, 1.165) is 4.57 Å². The molecule has 0 saturated carbocycles. The number of rotatable bonds is 0. The van der Waals surface area contributed by atoms with Gasteiger partial charge < -0.3 is 9.80 Å². The lowest BCUT2D eigenvalue weighted by molar-refractivity contribution is 0.276. The number of likely N-dealkylation sites (N-methyl/N-ethyl adjacent to an activating group) is 1. The number of anilines is 1. The second-order valence-corrected chi connectivity index (χ2v) is 9.32. The van der Waals surface area contributed by atoms with E-state index in [-0.39, 0.29) is 44.0 Å². The molecule has 0 bridgehead atoms. The van der Waals surface area contributed by atoms with Crippen molar-refractivity contribution < 1.29 is 12.8 Å². The minimum atomic E-state index is -3.80. The molecule has 0 amide bonds. The van der Waals surface area contributed by atoms with E-state index in [1.54, 1.807) is 0 Å². The molecule has 0 aliphatic carbocycles. The van der Waals surface area contributed by atoms with Crippen molar-refractivity contribution in [3.8, 4) is 0 Å². The molecule has 4 rings (SSSR count). The molecule has 7 nitrogen and oxygen atoms in total. The largest absolute Gasteiger partial charge is 0.349 e. The van der Waals surface area contributed by atoms with Gasteiger partial charge in [0.25, 0.3) is 0 Å². The summed E-state index contributed by atoms with van der Waals surface area (Å²) in [5, 5.41) is -0.0304. The summed E-state index contributed by atoms with van der Waals surface area (Å²) in [5.41, 5.74) is -0.682. The van der Waals surface area contributed by atoms with Gasteiger partial charge in [-0.3, -0.25) is 4.57 Å². The third-order valence-electron chi connectivity index (χ3n) is 5.26. The van der Waals surface area contributed by atoms with Gasteiger partial charge in [0.15, 0.2) is 15.7 Å². The number of halogens is 2. The molecule has 26 heavy (non-hydrogen) atoms. The third-order valence-corrected chi connectivity index (χ3v) is 7.70. The van der Waals surface area contributed by atoms with Gasteiger partial charge in [0.1, 0.15) is 5.82 Å². The Morgan fingerprint density at radius 3 is 2.65 bits per heavy atom. The zero-order chi connectivity index (χ0) is 19.0. The smallest absolute Gasteiger partial charge is 0.349 e. The highest BCUT2D eigenvalue weighted by Gasteiger charge is 2.40. The summed E-state index contributed by atoms with van der Waals surface area (Å²) >= 11 is 6.30. The standard InChI is InChI=1S/C16H18ClFN4O3S/c1-8-11(17)14-10-13(12(8)18)21(3)16(23)19-15(10)22-5-4-20(2)6-9(22)7-26(14,24)25/h9H,4-7H2,1-3H3. The summed E-state index contributed by atoms with van der Waals surface area (Å²) in [4.78, 5) is 20.2. The molecule has 0 N–H and O–H groups in total. The van der Waals surface area contributed by atoms with Gasteiger partial charge in [-0.25, -0.2) is 17.6 Å². The van der Waals surface area contributed by atoms with Crippen molar-refractivity contribution in [1.29, 1.82) is 0 Å². The molecule has 1 unspecified atom stereocenters. The van der Waals surface area contributed by atoms with Crippen molar-refractivity contribution in [3.05, 3.63) is 26.9 Å². The lowest BCUT2D eigenvalue weighted by Crippen LogP contribution is -2.54. The molecule has 3 heterocycles. The molecule has 0 radical (unpaired) electrons. The van der Waals surface area contributed by atoms with E-state index in [1.807, 2.05) is 16.8 Å². The van der Waals surface area contributed by atoms with Crippen molar-refractivity contribution in [2.24, 2.45) is 7.05 Å². The first kappa shape index (κ1) is 17.7. The zero-order valence-corrected chi connectivity index (χ0v) is 16.2. The van der Waals surface area contributed by atoms with Crippen LogP contribution in [-0.4, -0.2) is 61.3 Å². The maximum atomic E-state index is 15.0. The van der Waals surface area contributed by atoms with Crippen LogP contribution in [0.1, 0.15) is 5.56 Å². The van der Waals surface area contributed by atoms with E-state index in [1.165, 1.54) is 14.0 Å². The second-order valence-electron chi connectivity index (χ2n) is 6.97. The SMILES string of the molecule is Cc1c(Cl)c2c3c(nc(=O)n(C)c3c1F)N1CCN(C)CC1CS2(=O)=O. The number of benzene rings is 1. The molecular weight excluding hydrogens is 383 g/mol. The van der Waals surface area contributed by atoms with Gasteiger partial charge >= 0.3 is 5.69 Å². The third kappa shape index (κ3) is 2.30. The van der Waals surface area contributed by atoms with Gasteiger partial charge in [0.05, 0.1) is 32.6 Å². The van der Waals surface area contributed by atoms with Crippen molar-refractivity contribution in [1.82, 2.24) is 14.5 Å². The van der Waals surface area contributed by atoms with E-state index in [0.29, 0.717) is 19.6 Å². The van der Waals surface area contributed by atoms with Crippen LogP contribution >= 0.6 is 11.6 Å². The van der Waals surface area contributed by atoms with E-state index >= 15 is 0 Å². The lowest BCUT2D eigenvalue weighted by Gasteiger charge is -2.39. The lowest BCUT2D eigenvalue weighted by atomic mass is 10.1. The predicted molar refractivity (Wildman–Crippen MR) is 97.4 cm³/mol. The van der Waals surface area contributed by atoms with E-state index in [2.05, 4.69) is 4.98 Å². The number of aryl methyl sites for hydroxylation is 1. The van der Waals surface area contributed by atoms with Crippen LogP contribution in [-0.2, 0) is 16.9 Å². The molecular formula is C16H18ClFN4O3S. The van der Waals surface area contributed by atoms with Crippen molar-refractivity contribution in [2.45, 2.75) is 17.9 Å². The Balaban J connectivity index is 2.23. The van der Waals surface area contributed by atoms with Crippen LogP contribution in [0.25, 0.3) is 10.9 Å². The summed E-state index contributed by atoms with van der Waals surface area (Å²) in [6, 6.07) is -0.381. The zero-order valence-electron chi connectivity index (χ0n) is 14.6. The topological polar surface area (TPSA) is 75.5 Å². The molecule has 140 valence electrons. The molecule has 10 heteroatoms. The van der Waals surface area contributed by atoms with Crippen LogP contribution in [0.15, 0.2) is 9.69 Å². The summed E-state index contributed by atoms with van der Waals surface area (Å²) in [6.07, 6.45) is 0. The Morgan fingerprint density at radius 1 is 1.27 bits per heavy atom. The molecule has 1 aromatic heterocycles. The van der Waals surface area contributed by atoms with Crippen LogP contribution in [0.3, 0.4) is 0 Å². The molecule has 1 atom stereocenters. The highest BCUT2D eigenvalue weighted by Crippen LogP contribution is 2.42. The quantitative estimate of drug-likeness (QED) is 0.613. The number of piperazine rings is 1. The Bertz CT molecular complexity index is 1120. The van der Waals surface area contributed by atoms with Gasteiger partial charge in [-0.05, 0) is 14.0 Å². The fourth-order valence-corrected chi connectivity index (χ4v) is 6.29. The molecule has 0 spiro atoms. The highest BCUT2D eigenvalue weighted by atomic mass is 35.5. The Labute approximate surface area is 154 Å². The van der Waals surface area contributed by atoms with E-state index < -0.39 is 21.3 Å². The number of sulfone groups is 1. The van der Waals surface area contributed by atoms with Crippen LogP contribution in [0.4, 0.5) is 10.2 Å². The predicted octanol–water partition coefficient (Wildman–Crippen LogP) is 0.942. The fourth-order valence-electron chi connectivity index (χ4n) is 3.88. The van der Waals surface area contributed by atoms with Crippen LogP contribution < -0.4 is 10.6 Å². The van der Waals surface area contributed by atoms with Gasteiger partial charge in [-0.1, -0.05) is 11.6 Å². The van der Waals surface area contributed by atoms with Crippen molar-refractivity contribution in [2.75, 3.05) is 37.3 Å². The fraction of sp³-hybridized carbons (Fsp3) is 0.500. The van der Waals surface area contributed by atoms with Crippen molar-refractivity contribution in [3.63, 3.8) is 0 Å². The maximum Gasteiger partial charge on any atom is 0.349 e. The molecule has 1 aromatic carbocycles. The molecule has 1 saturated heterocycles. The van der Waals surface area contributed by atoms with Gasteiger partial charge in [-0.15, -0.1) is 0 Å². The van der Waals surface area contributed by atoms with Crippen LogP contribution in [0.5, 0.6) is 0 Å². The van der Waals surface area contributed by atoms with Gasteiger partial charge in [0.2, 0.25) is 0 Å². The van der Waals surface area contributed by atoms with Gasteiger partial charge in [-0.2, -0.15) is 4.98 Å². The number of fused-ring (bicyclic) bond motifs is 2. The first-order chi connectivity index (χ1) is 12.1.